The van der Waals surface area contributed by atoms with E-state index < -0.39 is 0 Å². The minimum atomic E-state index is -0.151. The fourth-order valence-electron chi connectivity index (χ4n) is 4.43. The van der Waals surface area contributed by atoms with Crippen molar-refractivity contribution in [1.82, 2.24) is 5.32 Å². The summed E-state index contributed by atoms with van der Waals surface area (Å²) < 4.78 is 12.3. The van der Waals surface area contributed by atoms with E-state index in [0.29, 0.717) is 22.5 Å². The maximum Gasteiger partial charge on any atom is 0.278 e. The van der Waals surface area contributed by atoms with E-state index in [0.717, 1.165) is 61.5 Å². The molecule has 0 radical (unpaired) electrons. The van der Waals surface area contributed by atoms with Gasteiger partial charge in [-0.25, -0.2) is 0 Å². The van der Waals surface area contributed by atoms with Crippen LogP contribution in [-0.4, -0.2) is 50.7 Å². The highest BCUT2D eigenvalue weighted by atomic mass is 127. The molecule has 1 unspecified atom stereocenters. The van der Waals surface area contributed by atoms with Crippen molar-refractivity contribution in [2.75, 3.05) is 34.3 Å². The number of amides is 1. The molecule has 1 amide bonds. The van der Waals surface area contributed by atoms with Crippen LogP contribution in [0, 0.1) is 0 Å². The number of carbonyl (C=O) groups is 1. The number of rotatable bonds is 17. The lowest BCUT2D eigenvalue weighted by Gasteiger charge is -2.33. The molecule has 0 heterocycles. The van der Waals surface area contributed by atoms with E-state index >= 15 is 0 Å². The largest absolute Gasteiger partial charge is 1.00 e. The van der Waals surface area contributed by atoms with Gasteiger partial charge in [-0.15, -0.1) is 0 Å². The van der Waals surface area contributed by atoms with Gasteiger partial charge in [0, 0.05) is 18.0 Å². The topological polar surface area (TPSA) is 47.6 Å². The van der Waals surface area contributed by atoms with E-state index in [1.807, 2.05) is 66.7 Å². The zero-order valence-electron chi connectivity index (χ0n) is 24.1. The van der Waals surface area contributed by atoms with Crippen molar-refractivity contribution in [2.45, 2.75) is 57.6 Å². The first-order valence-electron chi connectivity index (χ1n) is 14.0. The molecule has 1 atom stereocenters. The average Bonchev–Trinajstić information content (AvgIpc) is 2.92. The van der Waals surface area contributed by atoms with Gasteiger partial charge in [0.25, 0.3) is 5.91 Å². The van der Waals surface area contributed by atoms with Gasteiger partial charge in [0.15, 0.2) is 6.04 Å². The first-order valence-corrected chi connectivity index (χ1v) is 14.4. The molecule has 218 valence electrons. The third-order valence-corrected chi connectivity index (χ3v) is 7.00. The summed E-state index contributed by atoms with van der Waals surface area (Å²) in [6.45, 7) is 2.01. The van der Waals surface area contributed by atoms with Crippen LogP contribution in [0.4, 0.5) is 0 Å². The van der Waals surface area contributed by atoms with E-state index in [4.69, 9.17) is 21.1 Å². The lowest BCUT2D eigenvalue weighted by molar-refractivity contribution is -0.886. The maximum absolute atomic E-state index is 12.9. The van der Waals surface area contributed by atoms with Crippen molar-refractivity contribution >= 4 is 17.5 Å². The number of hydrogen-bond donors (Lipinski definition) is 1. The van der Waals surface area contributed by atoms with Gasteiger partial charge < -0.3 is 43.3 Å². The predicted octanol–water partition coefficient (Wildman–Crippen LogP) is 4.08. The number of carbonyl (C=O) groups excluding carboxylic acids is 1. The van der Waals surface area contributed by atoms with Gasteiger partial charge in [0.2, 0.25) is 0 Å². The third-order valence-electron chi connectivity index (χ3n) is 6.77. The Kier molecular flexibility index (Phi) is 15.4. The summed E-state index contributed by atoms with van der Waals surface area (Å²) in [6, 6.07) is 25.6. The maximum atomic E-state index is 12.9. The van der Waals surface area contributed by atoms with Crippen LogP contribution in [0.2, 0.25) is 5.02 Å². The van der Waals surface area contributed by atoms with E-state index in [2.05, 4.69) is 38.6 Å². The zero-order chi connectivity index (χ0) is 27.9. The van der Waals surface area contributed by atoms with Crippen LogP contribution >= 0.6 is 11.6 Å². The van der Waals surface area contributed by atoms with E-state index in [1.165, 1.54) is 12.8 Å². The highest BCUT2D eigenvalue weighted by Gasteiger charge is 2.31. The van der Waals surface area contributed by atoms with Crippen LogP contribution in [0.3, 0.4) is 0 Å². The summed E-state index contributed by atoms with van der Waals surface area (Å²) in [7, 11) is 6.19. The molecule has 0 bridgehead atoms. The Hall–Kier alpha value is -2.29. The molecule has 0 aromatic heterocycles. The van der Waals surface area contributed by atoms with Gasteiger partial charge in [-0.05, 0) is 60.4 Å². The van der Waals surface area contributed by atoms with Gasteiger partial charge in [0.05, 0.1) is 27.7 Å². The average molecular weight is 679 g/mol. The Bertz CT molecular complexity index is 1120. The molecule has 5 nitrogen and oxygen atoms in total. The van der Waals surface area contributed by atoms with Gasteiger partial charge in [-0.2, -0.15) is 0 Å². The number of benzene rings is 3. The number of nitrogens with zero attached hydrogens (tertiary/aromatic N) is 1. The van der Waals surface area contributed by atoms with E-state index in [1.54, 1.807) is 0 Å². The highest BCUT2D eigenvalue weighted by molar-refractivity contribution is 6.30. The van der Waals surface area contributed by atoms with Gasteiger partial charge in [-0.3, -0.25) is 4.79 Å². The monoisotopic (exact) mass is 678 g/mol. The molecule has 0 aliphatic carbocycles. The summed E-state index contributed by atoms with van der Waals surface area (Å²) in [5.41, 5.74) is 2.24. The lowest BCUT2D eigenvalue weighted by atomic mass is 10.0. The molecule has 3 aromatic rings. The van der Waals surface area contributed by atoms with Gasteiger partial charge in [-0.1, -0.05) is 79.7 Å². The number of quaternary nitrogens is 1. The molecule has 0 aliphatic rings. The summed E-state index contributed by atoms with van der Waals surface area (Å²) in [5, 5.41) is 3.86. The number of halogens is 2. The summed E-state index contributed by atoms with van der Waals surface area (Å²) >= 11 is 6.14. The highest BCUT2D eigenvalue weighted by Crippen LogP contribution is 2.19. The Labute approximate surface area is 262 Å². The second kappa shape index (κ2) is 18.2. The Morgan fingerprint density at radius 3 is 2.02 bits per heavy atom. The van der Waals surface area contributed by atoms with Gasteiger partial charge in [0.1, 0.15) is 18.1 Å². The van der Waals surface area contributed by atoms with Crippen molar-refractivity contribution in [3.05, 3.63) is 95.0 Å². The van der Waals surface area contributed by atoms with E-state index in [9.17, 15) is 4.79 Å². The Morgan fingerprint density at radius 2 is 1.38 bits per heavy atom. The third kappa shape index (κ3) is 12.9. The molecule has 1 N–H and O–H groups in total. The molecule has 0 aliphatic heterocycles. The minimum Gasteiger partial charge on any atom is -1.00 e. The molecule has 3 rings (SSSR count). The first kappa shape index (κ1) is 33.9. The molecule has 0 saturated heterocycles. The molecule has 40 heavy (non-hydrogen) atoms. The summed E-state index contributed by atoms with van der Waals surface area (Å²) in [5.74, 6) is 1.83. The van der Waals surface area contributed by atoms with Crippen LogP contribution in [0.1, 0.15) is 49.7 Å². The predicted molar refractivity (Wildman–Crippen MR) is 160 cm³/mol. The minimum absolute atomic E-state index is 0. The number of likely N-dealkylation sites (N-methyl/N-ethyl adjacent to an activating group) is 1. The van der Waals surface area contributed by atoms with Crippen molar-refractivity contribution in [3.63, 3.8) is 0 Å². The molecule has 7 heteroatoms. The first-order chi connectivity index (χ1) is 18.8. The lowest BCUT2D eigenvalue weighted by Crippen LogP contribution is -3.00. The van der Waals surface area contributed by atoms with Crippen LogP contribution in [0.15, 0.2) is 78.9 Å². The fraction of sp³-hybridized carbons (Fsp3) is 0.424. The molecular formula is C33H44ClIN2O3. The molecule has 0 saturated carbocycles. The molecule has 3 aromatic carbocycles. The van der Waals surface area contributed by atoms with E-state index in [-0.39, 0.29) is 35.9 Å². The van der Waals surface area contributed by atoms with Crippen LogP contribution < -0.4 is 38.8 Å². The zero-order valence-corrected chi connectivity index (χ0v) is 27.0. The van der Waals surface area contributed by atoms with Crippen LogP contribution in [0.5, 0.6) is 11.5 Å². The van der Waals surface area contributed by atoms with Crippen molar-refractivity contribution < 1.29 is 42.7 Å². The molecule has 0 spiro atoms. The smallest absolute Gasteiger partial charge is 0.278 e. The number of unbranched alkanes of at least 4 members (excludes halogenated alkanes) is 5. The number of hydrogen-bond acceptors (Lipinski definition) is 3. The van der Waals surface area contributed by atoms with Gasteiger partial charge >= 0.3 is 0 Å². The quantitative estimate of drug-likeness (QED) is 0.133. The molecule has 0 fully saturated rings. The fourth-order valence-corrected chi connectivity index (χ4v) is 4.64. The second-order valence-corrected chi connectivity index (χ2v) is 11.4. The van der Waals surface area contributed by atoms with Crippen LogP contribution in [0.25, 0.3) is 0 Å². The molecular weight excluding hydrogens is 635 g/mol. The standard InChI is InChI=1S/C33H43ClN2O3.HI/c1-36(2,3)32(25-28-16-13-17-29(34)24-28)33(37)35-22-11-6-4-5-7-12-23-38-30-18-20-31(21-19-30)39-26-27-14-9-8-10-15-27;/h8-10,13-21,24,32H,4-7,11-12,22-23,25-26H2,1-3H3;1H. The number of nitrogens with one attached hydrogen (secondary N) is 1. The second-order valence-electron chi connectivity index (χ2n) is 11.0. The van der Waals surface area contributed by atoms with Crippen molar-refractivity contribution in [3.8, 4) is 11.5 Å². The van der Waals surface area contributed by atoms with Crippen LogP contribution in [-0.2, 0) is 17.8 Å². The van der Waals surface area contributed by atoms with Crippen molar-refractivity contribution in [1.29, 1.82) is 0 Å². The summed E-state index contributed by atoms with van der Waals surface area (Å²) in [6.07, 6.45) is 7.33. The Morgan fingerprint density at radius 1 is 0.775 bits per heavy atom. The van der Waals surface area contributed by atoms with Crippen molar-refractivity contribution in [2.24, 2.45) is 0 Å². The SMILES string of the molecule is C[N+](C)(C)C(Cc1cccc(Cl)c1)C(=O)NCCCCCCCCOc1ccc(OCc2ccccc2)cc1.[I-]. The Balaban J connectivity index is 0.00000560. The summed E-state index contributed by atoms with van der Waals surface area (Å²) in [4.78, 5) is 12.9. The number of ether oxygens (including phenoxy) is 2. The normalized spacial score (nSPS) is 11.8.